The molecule has 0 saturated carbocycles. The van der Waals surface area contributed by atoms with Crippen LogP contribution in [-0.2, 0) is 14.8 Å². The fraction of sp³-hybridized carbons (Fsp3) is 0.417. The molecule has 1 atom stereocenters. The SMILES string of the molecule is NC(=O)[C@@H]1CCCN(S(=O)(=O)c2ccccc2)C1. The molecule has 1 aromatic rings. The molecule has 6 heteroatoms. The maximum atomic E-state index is 12.3. The lowest BCUT2D eigenvalue weighted by Crippen LogP contribution is -2.43. The summed E-state index contributed by atoms with van der Waals surface area (Å²) in [4.78, 5) is 11.4. The minimum absolute atomic E-state index is 0.187. The summed E-state index contributed by atoms with van der Waals surface area (Å²) < 4.78 is 26.0. The highest BCUT2D eigenvalue weighted by atomic mass is 32.2. The normalized spacial score (nSPS) is 21.7. The minimum Gasteiger partial charge on any atom is -0.369 e. The first-order chi connectivity index (χ1) is 8.51. The number of nitrogens with zero attached hydrogens (tertiary/aromatic N) is 1. The average Bonchev–Trinajstić information content (AvgIpc) is 2.40. The number of benzene rings is 1. The van der Waals surface area contributed by atoms with Crippen LogP contribution >= 0.6 is 0 Å². The number of primary amides is 1. The van der Waals surface area contributed by atoms with Gasteiger partial charge in [0.05, 0.1) is 10.8 Å². The highest BCUT2D eigenvalue weighted by Crippen LogP contribution is 2.23. The molecule has 0 aliphatic carbocycles. The third kappa shape index (κ3) is 2.54. The molecular formula is C12H16N2O3S. The van der Waals surface area contributed by atoms with Gasteiger partial charge in [0, 0.05) is 13.1 Å². The van der Waals surface area contributed by atoms with E-state index in [1.807, 2.05) is 0 Å². The molecule has 1 aliphatic rings. The van der Waals surface area contributed by atoms with Gasteiger partial charge in [0.15, 0.2) is 0 Å². The quantitative estimate of drug-likeness (QED) is 0.870. The van der Waals surface area contributed by atoms with Gasteiger partial charge in [-0.1, -0.05) is 18.2 Å². The molecule has 1 aromatic carbocycles. The predicted octanol–water partition coefficient (Wildman–Crippen LogP) is 0.573. The number of piperidine rings is 1. The van der Waals surface area contributed by atoms with Crippen LogP contribution in [0.3, 0.4) is 0 Å². The third-order valence-electron chi connectivity index (χ3n) is 3.17. The first-order valence-electron chi connectivity index (χ1n) is 5.86. The molecule has 5 nitrogen and oxygen atoms in total. The van der Waals surface area contributed by atoms with Gasteiger partial charge in [-0.15, -0.1) is 0 Å². The Labute approximate surface area is 107 Å². The number of nitrogens with two attached hydrogens (primary N) is 1. The van der Waals surface area contributed by atoms with Crippen LogP contribution in [0, 0.1) is 5.92 Å². The second-order valence-electron chi connectivity index (χ2n) is 4.42. The minimum atomic E-state index is -3.50. The highest BCUT2D eigenvalue weighted by Gasteiger charge is 2.32. The molecule has 0 radical (unpaired) electrons. The van der Waals surface area contributed by atoms with E-state index in [2.05, 4.69) is 0 Å². The van der Waals surface area contributed by atoms with Gasteiger partial charge in [0.1, 0.15) is 0 Å². The van der Waals surface area contributed by atoms with Crippen molar-refractivity contribution in [2.24, 2.45) is 11.7 Å². The van der Waals surface area contributed by atoms with Crippen LogP contribution in [0.2, 0.25) is 0 Å². The first kappa shape index (κ1) is 13.0. The van der Waals surface area contributed by atoms with Crippen molar-refractivity contribution >= 4 is 15.9 Å². The molecule has 0 spiro atoms. The molecular weight excluding hydrogens is 252 g/mol. The zero-order valence-electron chi connectivity index (χ0n) is 9.95. The molecule has 2 rings (SSSR count). The van der Waals surface area contributed by atoms with Crippen molar-refractivity contribution in [3.8, 4) is 0 Å². The van der Waals surface area contributed by atoms with Crippen LogP contribution in [0.1, 0.15) is 12.8 Å². The van der Waals surface area contributed by atoms with Crippen LogP contribution in [0.5, 0.6) is 0 Å². The summed E-state index contributed by atoms with van der Waals surface area (Å²) in [6.07, 6.45) is 1.33. The molecule has 0 bridgehead atoms. The Kier molecular flexibility index (Phi) is 3.68. The molecule has 1 heterocycles. The third-order valence-corrected chi connectivity index (χ3v) is 5.05. The van der Waals surface area contributed by atoms with Crippen molar-refractivity contribution < 1.29 is 13.2 Å². The molecule has 1 fully saturated rings. The van der Waals surface area contributed by atoms with Gasteiger partial charge in [0.2, 0.25) is 15.9 Å². The van der Waals surface area contributed by atoms with Crippen molar-refractivity contribution in [2.75, 3.05) is 13.1 Å². The van der Waals surface area contributed by atoms with Gasteiger partial charge < -0.3 is 5.73 Å². The van der Waals surface area contributed by atoms with Crippen LogP contribution in [0.4, 0.5) is 0 Å². The summed E-state index contributed by atoms with van der Waals surface area (Å²) in [6.45, 7) is 0.633. The predicted molar refractivity (Wildman–Crippen MR) is 67.1 cm³/mol. The average molecular weight is 268 g/mol. The molecule has 2 N–H and O–H groups in total. The molecule has 98 valence electrons. The Hall–Kier alpha value is -1.40. The summed E-state index contributed by atoms with van der Waals surface area (Å²) in [7, 11) is -3.50. The summed E-state index contributed by atoms with van der Waals surface area (Å²) in [5, 5.41) is 0. The molecule has 0 aromatic heterocycles. The van der Waals surface area contributed by atoms with E-state index in [1.54, 1.807) is 30.3 Å². The zero-order chi connectivity index (χ0) is 13.2. The number of amides is 1. The van der Waals surface area contributed by atoms with Gasteiger partial charge in [-0.3, -0.25) is 4.79 Å². The van der Waals surface area contributed by atoms with E-state index >= 15 is 0 Å². The van der Waals surface area contributed by atoms with E-state index < -0.39 is 15.9 Å². The molecule has 1 amide bonds. The standard InChI is InChI=1S/C12H16N2O3S/c13-12(15)10-5-4-8-14(9-10)18(16,17)11-6-2-1-3-7-11/h1-3,6-7,10H,4-5,8-9H2,(H2,13,15)/t10-/m1/s1. The van der Waals surface area contributed by atoms with E-state index in [1.165, 1.54) is 4.31 Å². The van der Waals surface area contributed by atoms with E-state index in [9.17, 15) is 13.2 Å². The monoisotopic (exact) mass is 268 g/mol. The van der Waals surface area contributed by atoms with Crippen LogP contribution in [-0.4, -0.2) is 31.7 Å². The molecule has 18 heavy (non-hydrogen) atoms. The molecule has 1 aliphatic heterocycles. The number of sulfonamides is 1. The Morgan fingerprint density at radius 2 is 1.94 bits per heavy atom. The second kappa shape index (κ2) is 5.07. The summed E-state index contributed by atoms with van der Waals surface area (Å²) in [5.74, 6) is -0.805. The largest absolute Gasteiger partial charge is 0.369 e. The van der Waals surface area contributed by atoms with Gasteiger partial charge in [-0.2, -0.15) is 4.31 Å². The topological polar surface area (TPSA) is 80.5 Å². The van der Waals surface area contributed by atoms with Gasteiger partial charge in [-0.25, -0.2) is 8.42 Å². The lowest BCUT2D eigenvalue weighted by atomic mass is 9.99. The Bertz CT molecular complexity index is 528. The smallest absolute Gasteiger partial charge is 0.243 e. The Morgan fingerprint density at radius 3 is 2.56 bits per heavy atom. The molecule has 1 saturated heterocycles. The van der Waals surface area contributed by atoms with E-state index in [4.69, 9.17) is 5.73 Å². The summed E-state index contributed by atoms with van der Waals surface area (Å²) in [5.41, 5.74) is 5.25. The van der Waals surface area contributed by atoms with E-state index in [-0.39, 0.29) is 17.4 Å². The van der Waals surface area contributed by atoms with Crippen molar-refractivity contribution in [3.63, 3.8) is 0 Å². The lowest BCUT2D eigenvalue weighted by molar-refractivity contribution is -0.122. The number of carbonyl (C=O) groups is 1. The van der Waals surface area contributed by atoms with Crippen molar-refractivity contribution in [1.82, 2.24) is 4.31 Å². The maximum absolute atomic E-state index is 12.3. The second-order valence-corrected chi connectivity index (χ2v) is 6.36. The van der Waals surface area contributed by atoms with Crippen LogP contribution < -0.4 is 5.73 Å². The van der Waals surface area contributed by atoms with E-state index in [0.717, 1.165) is 0 Å². The van der Waals surface area contributed by atoms with Crippen LogP contribution in [0.15, 0.2) is 35.2 Å². The van der Waals surface area contributed by atoms with Crippen molar-refractivity contribution in [3.05, 3.63) is 30.3 Å². The highest BCUT2D eigenvalue weighted by molar-refractivity contribution is 7.89. The van der Waals surface area contributed by atoms with Gasteiger partial charge in [0.25, 0.3) is 0 Å². The number of hydrogen-bond donors (Lipinski definition) is 1. The Balaban J connectivity index is 2.23. The van der Waals surface area contributed by atoms with Crippen molar-refractivity contribution in [1.29, 1.82) is 0 Å². The summed E-state index contributed by atoms with van der Waals surface area (Å²) in [6, 6.07) is 8.25. The first-order valence-corrected chi connectivity index (χ1v) is 7.30. The zero-order valence-corrected chi connectivity index (χ0v) is 10.8. The number of carbonyl (C=O) groups excluding carboxylic acids is 1. The fourth-order valence-corrected chi connectivity index (χ4v) is 3.68. The molecule has 0 unspecified atom stereocenters. The van der Waals surface area contributed by atoms with Crippen molar-refractivity contribution in [2.45, 2.75) is 17.7 Å². The maximum Gasteiger partial charge on any atom is 0.243 e. The lowest BCUT2D eigenvalue weighted by Gasteiger charge is -2.30. The number of hydrogen-bond acceptors (Lipinski definition) is 3. The van der Waals surface area contributed by atoms with Gasteiger partial charge >= 0.3 is 0 Å². The summed E-state index contributed by atoms with van der Waals surface area (Å²) >= 11 is 0. The Morgan fingerprint density at radius 1 is 1.28 bits per heavy atom. The fourth-order valence-electron chi connectivity index (χ4n) is 2.13. The van der Waals surface area contributed by atoms with E-state index in [0.29, 0.717) is 19.4 Å². The van der Waals surface area contributed by atoms with Gasteiger partial charge in [-0.05, 0) is 25.0 Å². The number of rotatable bonds is 3. The van der Waals surface area contributed by atoms with Crippen LogP contribution in [0.25, 0.3) is 0 Å².